The third-order valence-electron chi connectivity index (χ3n) is 1.86. The molecule has 12 heavy (non-hydrogen) atoms. The second kappa shape index (κ2) is 3.16. The molecule has 0 aliphatic rings. The highest BCUT2D eigenvalue weighted by molar-refractivity contribution is 14.1. The molecular formula is C9H6ClIS. The van der Waals surface area contributed by atoms with Gasteiger partial charge in [0.1, 0.15) is 0 Å². The van der Waals surface area contributed by atoms with E-state index < -0.39 is 0 Å². The lowest BCUT2D eigenvalue weighted by Gasteiger charge is -1.92. The molecule has 1 aromatic heterocycles. The number of aryl methyl sites for hydroxylation is 1. The SMILES string of the molecule is Cc1c(I)sc2c(Cl)cccc12. The van der Waals surface area contributed by atoms with Gasteiger partial charge in [-0.2, -0.15) is 0 Å². The van der Waals surface area contributed by atoms with E-state index in [1.165, 1.54) is 18.5 Å². The second-order valence-electron chi connectivity index (χ2n) is 2.62. The molecule has 0 bridgehead atoms. The summed E-state index contributed by atoms with van der Waals surface area (Å²) in [6.07, 6.45) is 0. The molecule has 0 nitrogen and oxygen atoms in total. The van der Waals surface area contributed by atoms with E-state index in [1.54, 1.807) is 11.3 Å². The Labute approximate surface area is 93.7 Å². The van der Waals surface area contributed by atoms with Crippen molar-refractivity contribution in [3.05, 3.63) is 31.7 Å². The van der Waals surface area contributed by atoms with Crippen LogP contribution in [0.1, 0.15) is 5.56 Å². The molecule has 0 spiro atoms. The van der Waals surface area contributed by atoms with E-state index in [4.69, 9.17) is 11.6 Å². The molecule has 0 aliphatic carbocycles. The van der Waals surface area contributed by atoms with E-state index in [0.29, 0.717) is 0 Å². The van der Waals surface area contributed by atoms with Crippen molar-refractivity contribution >= 4 is 55.6 Å². The number of fused-ring (bicyclic) bond motifs is 1. The predicted molar refractivity (Wildman–Crippen MR) is 64.3 cm³/mol. The van der Waals surface area contributed by atoms with Crippen LogP contribution in [-0.2, 0) is 0 Å². The van der Waals surface area contributed by atoms with Gasteiger partial charge in [-0.25, -0.2) is 0 Å². The first kappa shape index (κ1) is 8.78. The zero-order chi connectivity index (χ0) is 8.72. The van der Waals surface area contributed by atoms with Crippen LogP contribution in [-0.4, -0.2) is 0 Å². The molecule has 0 unspecified atom stereocenters. The largest absolute Gasteiger partial charge is 0.127 e. The summed E-state index contributed by atoms with van der Waals surface area (Å²) in [7, 11) is 0. The highest BCUT2D eigenvalue weighted by Gasteiger charge is 2.07. The van der Waals surface area contributed by atoms with Crippen molar-refractivity contribution in [2.75, 3.05) is 0 Å². The first-order valence-corrected chi connectivity index (χ1v) is 5.80. The molecule has 2 rings (SSSR count). The Morgan fingerprint density at radius 1 is 1.42 bits per heavy atom. The van der Waals surface area contributed by atoms with Crippen LogP contribution in [0.25, 0.3) is 10.1 Å². The van der Waals surface area contributed by atoms with Crippen LogP contribution in [0.5, 0.6) is 0 Å². The number of thiophene rings is 1. The van der Waals surface area contributed by atoms with Crippen LogP contribution in [0.3, 0.4) is 0 Å². The fourth-order valence-electron chi connectivity index (χ4n) is 1.18. The van der Waals surface area contributed by atoms with Crippen LogP contribution < -0.4 is 0 Å². The summed E-state index contributed by atoms with van der Waals surface area (Å²) in [5, 5.41) is 2.15. The fourth-order valence-corrected chi connectivity index (χ4v) is 3.36. The van der Waals surface area contributed by atoms with Crippen LogP contribution >= 0.6 is 45.5 Å². The molecule has 1 aromatic carbocycles. The van der Waals surface area contributed by atoms with E-state index in [-0.39, 0.29) is 0 Å². The van der Waals surface area contributed by atoms with Gasteiger partial charge in [-0.1, -0.05) is 23.7 Å². The Morgan fingerprint density at radius 2 is 2.17 bits per heavy atom. The Morgan fingerprint density at radius 3 is 2.83 bits per heavy atom. The number of rotatable bonds is 0. The second-order valence-corrected chi connectivity index (χ2v) is 5.86. The van der Waals surface area contributed by atoms with Gasteiger partial charge in [0.15, 0.2) is 0 Å². The maximum atomic E-state index is 6.05. The zero-order valence-corrected chi connectivity index (χ0v) is 10.1. The number of benzene rings is 1. The van der Waals surface area contributed by atoms with Crippen LogP contribution in [0.15, 0.2) is 18.2 Å². The van der Waals surface area contributed by atoms with Gasteiger partial charge in [-0.05, 0) is 46.5 Å². The van der Waals surface area contributed by atoms with Crippen LogP contribution in [0.2, 0.25) is 5.02 Å². The molecule has 0 saturated carbocycles. The molecule has 2 aromatic rings. The van der Waals surface area contributed by atoms with E-state index in [0.717, 1.165) is 5.02 Å². The Hall–Kier alpha value is 0.200. The molecule has 1 heterocycles. The molecular weight excluding hydrogens is 303 g/mol. The molecule has 3 heteroatoms. The molecule has 0 saturated heterocycles. The van der Waals surface area contributed by atoms with E-state index in [1.807, 2.05) is 12.1 Å². The lowest BCUT2D eigenvalue weighted by Crippen LogP contribution is -1.69. The number of hydrogen-bond donors (Lipinski definition) is 0. The van der Waals surface area contributed by atoms with Crippen molar-refractivity contribution in [1.82, 2.24) is 0 Å². The first-order chi connectivity index (χ1) is 5.70. The quantitative estimate of drug-likeness (QED) is 0.630. The van der Waals surface area contributed by atoms with Crippen LogP contribution in [0, 0.1) is 9.81 Å². The van der Waals surface area contributed by atoms with E-state index in [9.17, 15) is 0 Å². The number of halogens is 2. The summed E-state index contributed by atoms with van der Waals surface area (Å²) in [6, 6.07) is 6.06. The van der Waals surface area contributed by atoms with Crippen molar-refractivity contribution in [1.29, 1.82) is 0 Å². The Bertz CT molecular complexity index is 433. The normalized spacial score (nSPS) is 10.9. The minimum atomic E-state index is 0.864. The molecule has 0 atom stereocenters. The Balaban J connectivity index is 2.95. The highest BCUT2D eigenvalue weighted by Crippen LogP contribution is 2.35. The lowest BCUT2D eigenvalue weighted by atomic mass is 10.2. The van der Waals surface area contributed by atoms with Crippen molar-refractivity contribution in [2.24, 2.45) is 0 Å². The van der Waals surface area contributed by atoms with Gasteiger partial charge in [-0.3, -0.25) is 0 Å². The van der Waals surface area contributed by atoms with Crippen molar-refractivity contribution < 1.29 is 0 Å². The average Bonchev–Trinajstić information content (AvgIpc) is 2.32. The maximum Gasteiger partial charge on any atom is 0.0695 e. The van der Waals surface area contributed by atoms with Gasteiger partial charge in [0.25, 0.3) is 0 Å². The van der Waals surface area contributed by atoms with Gasteiger partial charge in [0.2, 0.25) is 0 Å². The van der Waals surface area contributed by atoms with E-state index in [2.05, 4.69) is 35.6 Å². The summed E-state index contributed by atoms with van der Waals surface area (Å²) >= 11 is 10.2. The minimum Gasteiger partial charge on any atom is -0.127 e. The zero-order valence-electron chi connectivity index (χ0n) is 6.40. The monoisotopic (exact) mass is 308 g/mol. The first-order valence-electron chi connectivity index (χ1n) is 3.53. The maximum absolute atomic E-state index is 6.05. The summed E-state index contributed by atoms with van der Waals surface area (Å²) in [5.41, 5.74) is 1.35. The van der Waals surface area contributed by atoms with Crippen molar-refractivity contribution in [2.45, 2.75) is 6.92 Å². The van der Waals surface area contributed by atoms with Gasteiger partial charge in [0, 0.05) is 0 Å². The standard InChI is InChI=1S/C9H6ClIS/c1-5-6-3-2-4-7(10)8(6)12-9(5)11/h2-4H,1H3. The van der Waals surface area contributed by atoms with E-state index >= 15 is 0 Å². The average molecular weight is 309 g/mol. The van der Waals surface area contributed by atoms with Crippen LogP contribution in [0.4, 0.5) is 0 Å². The smallest absolute Gasteiger partial charge is 0.0695 e. The third-order valence-corrected chi connectivity index (χ3v) is 4.88. The summed E-state index contributed by atoms with van der Waals surface area (Å²) < 4.78 is 2.54. The molecule has 0 amide bonds. The molecule has 0 aliphatic heterocycles. The summed E-state index contributed by atoms with van der Waals surface area (Å²) in [6.45, 7) is 2.14. The third kappa shape index (κ3) is 1.26. The molecule has 0 radical (unpaired) electrons. The highest BCUT2D eigenvalue weighted by atomic mass is 127. The lowest BCUT2D eigenvalue weighted by molar-refractivity contribution is 1.57. The molecule has 0 fully saturated rings. The molecule has 62 valence electrons. The van der Waals surface area contributed by atoms with Gasteiger partial charge in [0.05, 0.1) is 12.6 Å². The van der Waals surface area contributed by atoms with Crippen molar-refractivity contribution in [3.8, 4) is 0 Å². The van der Waals surface area contributed by atoms with Gasteiger partial charge < -0.3 is 0 Å². The Kier molecular flexibility index (Phi) is 2.31. The molecule has 0 N–H and O–H groups in total. The number of hydrogen-bond acceptors (Lipinski definition) is 1. The van der Waals surface area contributed by atoms with Gasteiger partial charge in [-0.15, -0.1) is 11.3 Å². The van der Waals surface area contributed by atoms with Gasteiger partial charge >= 0.3 is 0 Å². The fraction of sp³-hybridized carbons (Fsp3) is 0.111. The van der Waals surface area contributed by atoms with Crippen molar-refractivity contribution in [3.63, 3.8) is 0 Å². The summed E-state index contributed by atoms with van der Waals surface area (Å²) in [4.78, 5) is 0. The summed E-state index contributed by atoms with van der Waals surface area (Å²) in [5.74, 6) is 0. The topological polar surface area (TPSA) is 0 Å². The predicted octanol–water partition coefficient (Wildman–Crippen LogP) is 4.47. The minimum absolute atomic E-state index is 0.864.